The van der Waals surface area contributed by atoms with Crippen LogP contribution in [-0.2, 0) is 9.59 Å². The normalized spacial score (nSPS) is 11.0. The predicted molar refractivity (Wildman–Crippen MR) is 100 cm³/mol. The van der Waals surface area contributed by atoms with Crippen molar-refractivity contribution in [2.24, 2.45) is 0 Å². The molecule has 0 radical (unpaired) electrons. The second-order valence-corrected chi connectivity index (χ2v) is 5.68. The molecule has 0 aliphatic heterocycles. The van der Waals surface area contributed by atoms with Crippen molar-refractivity contribution in [3.05, 3.63) is 0 Å². The number of halogens is 1. The minimum absolute atomic E-state index is 0. The van der Waals surface area contributed by atoms with Gasteiger partial charge in [0.1, 0.15) is 0 Å². The molecule has 4 nitrogen and oxygen atoms in total. The molecule has 1 atom stereocenters. The lowest BCUT2D eigenvalue weighted by Gasteiger charge is -2.14. The van der Waals surface area contributed by atoms with Crippen LogP contribution in [0.15, 0.2) is 0 Å². The summed E-state index contributed by atoms with van der Waals surface area (Å²) in [6.45, 7) is 2.16. The third-order valence-electron chi connectivity index (χ3n) is 3.05. The van der Waals surface area contributed by atoms with Crippen molar-refractivity contribution < 1.29 is 9.59 Å². The molecule has 128 valence electrons. The second kappa shape index (κ2) is 18.1. The summed E-state index contributed by atoms with van der Waals surface area (Å²) in [6.07, 6.45) is 8.73. The van der Waals surface area contributed by atoms with Crippen LogP contribution < -0.4 is 10.6 Å². The lowest BCUT2D eigenvalue weighted by Crippen LogP contribution is -2.45. The van der Waals surface area contributed by atoms with Gasteiger partial charge in [-0.2, -0.15) is 25.3 Å². The van der Waals surface area contributed by atoms with E-state index in [0.717, 1.165) is 25.0 Å². The summed E-state index contributed by atoms with van der Waals surface area (Å²) in [7, 11) is 1.75. The fraction of sp³-hybridized carbons (Fsp3) is 0.857. The van der Waals surface area contributed by atoms with Gasteiger partial charge in [0.2, 0.25) is 11.8 Å². The molecule has 21 heavy (non-hydrogen) atoms. The summed E-state index contributed by atoms with van der Waals surface area (Å²) in [6, 6.07) is -0.267. The first-order valence-corrected chi connectivity index (χ1v) is 8.55. The Hall–Kier alpha value is 0.0900. The smallest absolute Gasteiger partial charge is 0.243 e. The summed E-state index contributed by atoms with van der Waals surface area (Å²) in [5.41, 5.74) is 0. The standard InChI is InChI=1S/C14H28N2O2S.ClH.H2S/c1-4-5-6-7-8-9-13(17)16-14(18)12(15-2)10-11-19-3;;/h12,15H,4-11H2,1-3H3,(H,16,17,18);1H;1H2/t12-;;/m0../s1. The maximum Gasteiger partial charge on any atom is 0.243 e. The van der Waals surface area contributed by atoms with Gasteiger partial charge in [-0.15, -0.1) is 12.4 Å². The Morgan fingerprint density at radius 3 is 2.29 bits per heavy atom. The minimum Gasteiger partial charge on any atom is -0.309 e. The van der Waals surface area contributed by atoms with E-state index < -0.39 is 0 Å². The first-order valence-electron chi connectivity index (χ1n) is 7.15. The number of likely N-dealkylation sites (N-methyl/N-ethyl adjacent to an activating group) is 1. The van der Waals surface area contributed by atoms with Crippen molar-refractivity contribution in [2.75, 3.05) is 19.1 Å². The lowest BCUT2D eigenvalue weighted by atomic mass is 10.1. The number of nitrogens with one attached hydrogen (secondary N) is 2. The van der Waals surface area contributed by atoms with E-state index in [9.17, 15) is 9.59 Å². The van der Waals surface area contributed by atoms with Crippen LogP contribution in [0.1, 0.15) is 51.9 Å². The van der Waals surface area contributed by atoms with Crippen LogP contribution >= 0.6 is 37.7 Å². The Labute approximate surface area is 146 Å². The van der Waals surface area contributed by atoms with Gasteiger partial charge in [-0.1, -0.05) is 32.6 Å². The molecule has 0 aromatic rings. The Balaban J connectivity index is -0.00000162. The van der Waals surface area contributed by atoms with Gasteiger partial charge in [0.25, 0.3) is 0 Å². The van der Waals surface area contributed by atoms with Crippen LogP contribution in [0.2, 0.25) is 0 Å². The van der Waals surface area contributed by atoms with Crippen molar-refractivity contribution >= 4 is 49.5 Å². The number of amides is 2. The molecule has 0 aromatic heterocycles. The highest BCUT2D eigenvalue weighted by Gasteiger charge is 2.17. The molecule has 0 rings (SSSR count). The lowest BCUT2D eigenvalue weighted by molar-refractivity contribution is -0.131. The van der Waals surface area contributed by atoms with Crippen molar-refractivity contribution in [1.82, 2.24) is 10.6 Å². The summed E-state index contributed by atoms with van der Waals surface area (Å²) in [4.78, 5) is 23.4. The number of imide groups is 1. The molecule has 0 heterocycles. The molecule has 7 heteroatoms. The number of hydrogen-bond acceptors (Lipinski definition) is 4. The van der Waals surface area contributed by atoms with Gasteiger partial charge >= 0.3 is 0 Å². The van der Waals surface area contributed by atoms with Crippen LogP contribution in [0, 0.1) is 0 Å². The average molecular weight is 359 g/mol. The Bertz CT molecular complexity index is 269. The number of unbranched alkanes of at least 4 members (excludes halogenated alkanes) is 4. The van der Waals surface area contributed by atoms with Gasteiger partial charge < -0.3 is 5.32 Å². The monoisotopic (exact) mass is 358 g/mol. The third-order valence-corrected chi connectivity index (χ3v) is 3.69. The molecule has 0 fully saturated rings. The third kappa shape index (κ3) is 14.8. The fourth-order valence-electron chi connectivity index (χ4n) is 1.82. The van der Waals surface area contributed by atoms with Crippen LogP contribution in [0.5, 0.6) is 0 Å². The molecule has 2 amide bonds. The highest BCUT2D eigenvalue weighted by atomic mass is 35.5. The zero-order valence-electron chi connectivity index (χ0n) is 13.4. The van der Waals surface area contributed by atoms with E-state index in [1.165, 1.54) is 19.3 Å². The molecule has 0 saturated carbocycles. The molecule has 0 aliphatic rings. The van der Waals surface area contributed by atoms with E-state index in [1.807, 2.05) is 6.26 Å². The largest absolute Gasteiger partial charge is 0.309 e. The van der Waals surface area contributed by atoms with Gasteiger partial charge in [-0.3, -0.25) is 14.9 Å². The number of carbonyl (C=O) groups is 2. The second-order valence-electron chi connectivity index (χ2n) is 4.70. The topological polar surface area (TPSA) is 58.2 Å². The predicted octanol–water partition coefficient (Wildman–Crippen LogP) is 2.87. The van der Waals surface area contributed by atoms with Crippen molar-refractivity contribution in [1.29, 1.82) is 0 Å². The molecule has 0 unspecified atom stereocenters. The van der Waals surface area contributed by atoms with Crippen LogP contribution in [0.3, 0.4) is 0 Å². The van der Waals surface area contributed by atoms with E-state index in [1.54, 1.807) is 18.8 Å². The zero-order chi connectivity index (χ0) is 14.5. The first kappa shape index (κ1) is 26.0. The summed E-state index contributed by atoms with van der Waals surface area (Å²) in [5, 5.41) is 5.43. The number of carbonyl (C=O) groups excluding carboxylic acids is 2. The van der Waals surface area contributed by atoms with E-state index >= 15 is 0 Å². The molecule has 0 aromatic carbocycles. The number of thioether (sulfide) groups is 1. The number of hydrogen-bond donors (Lipinski definition) is 2. The maximum atomic E-state index is 11.8. The van der Waals surface area contributed by atoms with Crippen molar-refractivity contribution in [2.45, 2.75) is 57.9 Å². The highest BCUT2D eigenvalue weighted by molar-refractivity contribution is 7.98. The van der Waals surface area contributed by atoms with E-state index in [-0.39, 0.29) is 43.8 Å². The molecule has 0 saturated heterocycles. The average Bonchev–Trinajstić information content (AvgIpc) is 2.39. The number of rotatable bonds is 11. The van der Waals surface area contributed by atoms with Gasteiger partial charge in [-0.05, 0) is 31.9 Å². The molecule has 0 spiro atoms. The summed E-state index contributed by atoms with van der Waals surface area (Å²) in [5.74, 6) is 0.561. The molecule has 2 N–H and O–H groups in total. The highest BCUT2D eigenvalue weighted by Crippen LogP contribution is 2.05. The Kier molecular flexibility index (Phi) is 22.5. The van der Waals surface area contributed by atoms with Crippen LogP contribution in [0.25, 0.3) is 0 Å². The summed E-state index contributed by atoms with van der Waals surface area (Å²) < 4.78 is 0. The SMILES string of the molecule is CCCCCCCC(=O)NC(=O)[C@H](CCSC)NC.Cl.S. The fourth-order valence-corrected chi connectivity index (χ4v) is 2.29. The quantitative estimate of drug-likeness (QED) is 0.557. The maximum absolute atomic E-state index is 11.8. The van der Waals surface area contributed by atoms with E-state index in [0.29, 0.717) is 6.42 Å². The molecule has 0 aliphatic carbocycles. The van der Waals surface area contributed by atoms with Gasteiger partial charge in [0.15, 0.2) is 0 Å². The van der Waals surface area contributed by atoms with E-state index in [4.69, 9.17) is 0 Å². The molecular weight excluding hydrogens is 328 g/mol. The van der Waals surface area contributed by atoms with Crippen molar-refractivity contribution in [3.8, 4) is 0 Å². The van der Waals surface area contributed by atoms with Gasteiger partial charge in [0.05, 0.1) is 6.04 Å². The van der Waals surface area contributed by atoms with Crippen molar-refractivity contribution in [3.63, 3.8) is 0 Å². The van der Waals surface area contributed by atoms with Crippen LogP contribution in [0.4, 0.5) is 0 Å². The van der Waals surface area contributed by atoms with E-state index in [2.05, 4.69) is 17.6 Å². The molecular formula is C14H31ClN2O2S2. The summed E-state index contributed by atoms with van der Waals surface area (Å²) >= 11 is 1.70. The van der Waals surface area contributed by atoms with Gasteiger partial charge in [-0.25, -0.2) is 0 Å². The Morgan fingerprint density at radius 2 is 1.76 bits per heavy atom. The molecule has 0 bridgehead atoms. The Morgan fingerprint density at radius 1 is 1.14 bits per heavy atom. The first-order chi connectivity index (χ1) is 9.15. The van der Waals surface area contributed by atoms with Crippen LogP contribution in [-0.4, -0.2) is 36.9 Å². The minimum atomic E-state index is -0.267. The van der Waals surface area contributed by atoms with Gasteiger partial charge in [0, 0.05) is 6.42 Å². The zero-order valence-corrected chi connectivity index (χ0v) is 16.0.